The van der Waals surface area contributed by atoms with Gasteiger partial charge >= 0.3 is 0 Å². The summed E-state index contributed by atoms with van der Waals surface area (Å²) >= 11 is 0. The van der Waals surface area contributed by atoms with E-state index in [9.17, 15) is 14.7 Å². The SMILES string of the molecule is Cc1cc(C(=O)NC(C)c2ccccc2C)cc(C(=O)N[C@@H](Cc2ccccc2)[C@H](O)CN[C@@H](C)c2ccccc2)c1. The van der Waals surface area contributed by atoms with Gasteiger partial charge in [-0.05, 0) is 80.1 Å². The Bertz CT molecular complexity index is 1470. The average Bonchev–Trinajstić information content (AvgIpc) is 3.00. The number of rotatable bonds is 12. The molecule has 4 atom stereocenters. The molecule has 0 saturated heterocycles. The highest BCUT2D eigenvalue weighted by atomic mass is 16.3. The van der Waals surface area contributed by atoms with E-state index in [1.54, 1.807) is 18.2 Å². The van der Waals surface area contributed by atoms with Crippen LogP contribution in [-0.4, -0.2) is 35.6 Å². The van der Waals surface area contributed by atoms with Crippen molar-refractivity contribution in [3.63, 3.8) is 0 Å². The van der Waals surface area contributed by atoms with Crippen LogP contribution in [0.15, 0.2) is 103 Å². The molecule has 0 aliphatic heterocycles. The maximum atomic E-state index is 13.6. The first-order chi connectivity index (χ1) is 20.2. The van der Waals surface area contributed by atoms with E-state index in [-0.39, 0.29) is 23.9 Å². The van der Waals surface area contributed by atoms with Crippen molar-refractivity contribution in [3.8, 4) is 0 Å². The second kappa shape index (κ2) is 14.6. The van der Waals surface area contributed by atoms with Crippen LogP contribution < -0.4 is 16.0 Å². The Morgan fingerprint density at radius 1 is 0.714 bits per heavy atom. The molecule has 0 aliphatic rings. The molecule has 4 aromatic carbocycles. The summed E-state index contributed by atoms with van der Waals surface area (Å²) in [7, 11) is 0. The van der Waals surface area contributed by atoms with Crippen LogP contribution in [0.1, 0.15) is 74.5 Å². The summed E-state index contributed by atoms with van der Waals surface area (Å²) in [6, 6.07) is 32.2. The summed E-state index contributed by atoms with van der Waals surface area (Å²) in [5.74, 6) is -0.584. The van der Waals surface area contributed by atoms with Gasteiger partial charge in [0.15, 0.2) is 0 Å². The highest BCUT2D eigenvalue weighted by Crippen LogP contribution is 2.19. The topological polar surface area (TPSA) is 90.5 Å². The number of carbonyl (C=O) groups is 2. The summed E-state index contributed by atoms with van der Waals surface area (Å²) in [4.78, 5) is 26.8. The zero-order valence-corrected chi connectivity index (χ0v) is 24.8. The van der Waals surface area contributed by atoms with Crippen molar-refractivity contribution in [1.29, 1.82) is 0 Å². The molecule has 0 heterocycles. The monoisotopic (exact) mass is 563 g/mol. The molecule has 0 aliphatic carbocycles. The number of amides is 2. The van der Waals surface area contributed by atoms with Gasteiger partial charge in [0.25, 0.3) is 11.8 Å². The lowest BCUT2D eigenvalue weighted by Gasteiger charge is -2.26. The molecule has 218 valence electrons. The molecule has 0 bridgehead atoms. The Kier molecular flexibility index (Phi) is 10.7. The molecule has 6 heteroatoms. The first kappa shape index (κ1) is 30.7. The lowest BCUT2D eigenvalue weighted by Crippen LogP contribution is -2.49. The largest absolute Gasteiger partial charge is 0.390 e. The van der Waals surface area contributed by atoms with Crippen LogP contribution in [0.5, 0.6) is 0 Å². The number of aliphatic hydroxyl groups excluding tert-OH is 1. The number of carbonyl (C=O) groups excluding carboxylic acids is 2. The lowest BCUT2D eigenvalue weighted by molar-refractivity contribution is 0.0825. The molecule has 0 aromatic heterocycles. The van der Waals surface area contributed by atoms with Gasteiger partial charge in [-0.1, -0.05) is 84.9 Å². The number of aliphatic hydroxyl groups is 1. The number of benzene rings is 4. The van der Waals surface area contributed by atoms with Gasteiger partial charge in [-0.3, -0.25) is 9.59 Å². The van der Waals surface area contributed by atoms with Crippen molar-refractivity contribution in [2.45, 2.75) is 58.3 Å². The Hall–Kier alpha value is -4.26. The molecule has 0 fully saturated rings. The molecule has 0 radical (unpaired) electrons. The number of nitrogens with one attached hydrogen (secondary N) is 3. The fourth-order valence-corrected chi connectivity index (χ4v) is 5.18. The van der Waals surface area contributed by atoms with Crippen molar-refractivity contribution in [1.82, 2.24) is 16.0 Å². The third-order valence-corrected chi connectivity index (χ3v) is 7.62. The predicted molar refractivity (Wildman–Crippen MR) is 169 cm³/mol. The van der Waals surface area contributed by atoms with Crippen molar-refractivity contribution in [2.75, 3.05) is 6.54 Å². The third kappa shape index (κ3) is 8.38. The van der Waals surface area contributed by atoms with Crippen LogP contribution in [0, 0.1) is 13.8 Å². The van der Waals surface area contributed by atoms with Crippen LogP contribution in [0.25, 0.3) is 0 Å². The standard InChI is InChI=1S/C36H41N3O3/c1-24-19-30(35(41)38-27(4)32-18-12-11-13-25(32)2)22-31(20-24)36(42)39-33(21-28-14-7-5-8-15-28)34(40)23-37-26(3)29-16-9-6-10-17-29/h5-20,22,26-27,33-34,37,40H,21,23H2,1-4H3,(H,38,41)(H,39,42)/t26-,27?,33-,34+/m0/s1. The Morgan fingerprint density at radius 3 is 1.93 bits per heavy atom. The van der Waals surface area contributed by atoms with E-state index in [0.717, 1.165) is 27.8 Å². The number of hydrogen-bond acceptors (Lipinski definition) is 4. The lowest BCUT2D eigenvalue weighted by atomic mass is 9.99. The van der Waals surface area contributed by atoms with Gasteiger partial charge in [-0.25, -0.2) is 0 Å². The Morgan fingerprint density at radius 2 is 1.29 bits per heavy atom. The molecular weight excluding hydrogens is 522 g/mol. The van der Waals surface area contributed by atoms with E-state index in [0.29, 0.717) is 24.1 Å². The fraction of sp³-hybridized carbons (Fsp3) is 0.278. The van der Waals surface area contributed by atoms with Gasteiger partial charge in [-0.15, -0.1) is 0 Å². The average molecular weight is 564 g/mol. The quantitative estimate of drug-likeness (QED) is 0.174. The van der Waals surface area contributed by atoms with Gasteiger partial charge in [0.05, 0.1) is 18.2 Å². The van der Waals surface area contributed by atoms with Crippen LogP contribution in [-0.2, 0) is 6.42 Å². The van der Waals surface area contributed by atoms with Crippen molar-refractivity contribution in [2.24, 2.45) is 0 Å². The van der Waals surface area contributed by atoms with Crippen LogP contribution >= 0.6 is 0 Å². The maximum absolute atomic E-state index is 13.6. The van der Waals surface area contributed by atoms with E-state index < -0.39 is 12.1 Å². The fourth-order valence-electron chi connectivity index (χ4n) is 5.18. The maximum Gasteiger partial charge on any atom is 0.251 e. The van der Waals surface area contributed by atoms with E-state index in [4.69, 9.17) is 0 Å². The number of hydrogen-bond donors (Lipinski definition) is 4. The second-order valence-corrected chi connectivity index (χ2v) is 11.0. The van der Waals surface area contributed by atoms with Crippen LogP contribution in [0.4, 0.5) is 0 Å². The minimum absolute atomic E-state index is 0.0360. The van der Waals surface area contributed by atoms with Gasteiger partial charge in [-0.2, -0.15) is 0 Å². The van der Waals surface area contributed by atoms with E-state index in [2.05, 4.69) is 16.0 Å². The third-order valence-electron chi connectivity index (χ3n) is 7.62. The molecular formula is C36H41N3O3. The second-order valence-electron chi connectivity index (χ2n) is 11.0. The van der Waals surface area contributed by atoms with Crippen molar-refractivity contribution >= 4 is 11.8 Å². The molecule has 4 rings (SSSR count). The predicted octanol–water partition coefficient (Wildman–Crippen LogP) is 5.85. The van der Waals surface area contributed by atoms with E-state index >= 15 is 0 Å². The van der Waals surface area contributed by atoms with Gasteiger partial charge in [0.1, 0.15) is 0 Å². The summed E-state index contributed by atoms with van der Waals surface area (Å²) < 4.78 is 0. The Labute approximate surface area is 249 Å². The smallest absolute Gasteiger partial charge is 0.251 e. The molecule has 4 N–H and O–H groups in total. The molecule has 1 unspecified atom stereocenters. The van der Waals surface area contributed by atoms with Crippen LogP contribution in [0.3, 0.4) is 0 Å². The normalized spacial score (nSPS) is 13.9. The minimum Gasteiger partial charge on any atom is -0.390 e. The summed E-state index contributed by atoms with van der Waals surface area (Å²) in [6.07, 6.45) is -0.384. The van der Waals surface area contributed by atoms with E-state index in [1.807, 2.05) is 113 Å². The molecule has 4 aromatic rings. The number of aryl methyl sites for hydroxylation is 2. The van der Waals surface area contributed by atoms with E-state index in [1.165, 1.54) is 0 Å². The van der Waals surface area contributed by atoms with Gasteiger partial charge < -0.3 is 21.1 Å². The molecule has 2 amide bonds. The molecule has 42 heavy (non-hydrogen) atoms. The molecule has 0 spiro atoms. The summed E-state index contributed by atoms with van der Waals surface area (Å²) in [5.41, 5.74) is 5.87. The first-order valence-electron chi connectivity index (χ1n) is 14.5. The first-order valence-corrected chi connectivity index (χ1v) is 14.5. The molecule has 0 saturated carbocycles. The van der Waals surface area contributed by atoms with Crippen molar-refractivity contribution in [3.05, 3.63) is 142 Å². The van der Waals surface area contributed by atoms with Crippen LogP contribution in [0.2, 0.25) is 0 Å². The zero-order chi connectivity index (χ0) is 30.1. The van der Waals surface area contributed by atoms with Gasteiger partial charge in [0, 0.05) is 23.7 Å². The summed E-state index contributed by atoms with van der Waals surface area (Å²) in [6.45, 7) is 8.18. The van der Waals surface area contributed by atoms with Crippen molar-refractivity contribution < 1.29 is 14.7 Å². The highest BCUT2D eigenvalue weighted by molar-refractivity contribution is 6.00. The molecule has 6 nitrogen and oxygen atoms in total. The Balaban J connectivity index is 1.48. The van der Waals surface area contributed by atoms with Gasteiger partial charge in [0.2, 0.25) is 0 Å². The minimum atomic E-state index is -0.845. The highest BCUT2D eigenvalue weighted by Gasteiger charge is 2.24. The zero-order valence-electron chi connectivity index (χ0n) is 24.8. The summed E-state index contributed by atoms with van der Waals surface area (Å²) in [5, 5.41) is 20.8.